The summed E-state index contributed by atoms with van der Waals surface area (Å²) in [5.74, 6) is -0.0611. The van der Waals surface area contributed by atoms with Gasteiger partial charge in [-0.05, 0) is 51.0 Å². The Kier molecular flexibility index (Phi) is 5.91. The normalized spacial score (nSPS) is 22.6. The Morgan fingerprint density at radius 2 is 1.74 bits per heavy atom. The molecule has 3 aliphatic rings. The molecule has 34 heavy (non-hydrogen) atoms. The zero-order chi connectivity index (χ0) is 23.8. The monoisotopic (exact) mass is 462 g/mol. The van der Waals surface area contributed by atoms with Gasteiger partial charge in [-0.15, -0.1) is 0 Å². The van der Waals surface area contributed by atoms with Crippen molar-refractivity contribution in [2.45, 2.75) is 51.4 Å². The van der Waals surface area contributed by atoms with E-state index in [4.69, 9.17) is 4.74 Å². The molecule has 0 aliphatic carbocycles. The summed E-state index contributed by atoms with van der Waals surface area (Å²) in [5.41, 5.74) is 6.10. The summed E-state index contributed by atoms with van der Waals surface area (Å²) in [6, 6.07) is 13.4. The summed E-state index contributed by atoms with van der Waals surface area (Å²) in [4.78, 5) is 31.4. The van der Waals surface area contributed by atoms with Crippen molar-refractivity contribution in [1.29, 1.82) is 0 Å². The second-order valence-corrected chi connectivity index (χ2v) is 9.19. The fourth-order valence-corrected chi connectivity index (χ4v) is 5.32. The third kappa shape index (κ3) is 3.88. The predicted octanol–water partition coefficient (Wildman–Crippen LogP) is 4.40. The molecule has 8 heteroatoms. The van der Waals surface area contributed by atoms with Gasteiger partial charge >= 0.3 is 6.09 Å². The molecule has 178 valence electrons. The van der Waals surface area contributed by atoms with E-state index in [-0.39, 0.29) is 30.1 Å². The first-order valence-corrected chi connectivity index (χ1v) is 11.8. The molecule has 0 aromatic heterocycles. The molecule has 2 atom stereocenters. The number of nitrogens with zero attached hydrogens (tertiary/aromatic N) is 3. The van der Waals surface area contributed by atoms with Crippen molar-refractivity contribution in [1.82, 2.24) is 4.90 Å². The molecule has 0 spiro atoms. The van der Waals surface area contributed by atoms with Crippen LogP contribution in [0.1, 0.15) is 42.6 Å². The smallest absolute Gasteiger partial charge is 0.414 e. The number of benzene rings is 2. The minimum atomic E-state index is -0.294. The third-order valence-electron chi connectivity index (χ3n) is 7.11. The minimum absolute atomic E-state index is 0.0401. The van der Waals surface area contributed by atoms with Crippen LogP contribution in [0.15, 0.2) is 54.6 Å². The van der Waals surface area contributed by atoms with Crippen molar-refractivity contribution in [3.05, 3.63) is 65.7 Å². The number of piperidine rings is 1. The molecule has 3 aliphatic heterocycles. The van der Waals surface area contributed by atoms with Gasteiger partial charge in [-0.2, -0.15) is 0 Å². The molecule has 0 radical (unpaired) electrons. The van der Waals surface area contributed by atoms with Crippen LogP contribution < -0.4 is 15.3 Å². The van der Waals surface area contributed by atoms with Crippen LogP contribution in [0.5, 0.6) is 0 Å². The maximum absolute atomic E-state index is 13.1. The van der Waals surface area contributed by atoms with Crippen LogP contribution in [0, 0.1) is 0 Å². The van der Waals surface area contributed by atoms with Crippen LogP contribution in [0.2, 0.25) is 0 Å². The first-order chi connectivity index (χ1) is 16.5. The number of rotatable bonds is 4. The average Bonchev–Trinajstić information content (AvgIpc) is 3.21. The lowest BCUT2D eigenvalue weighted by molar-refractivity contribution is 0.0709. The zero-order valence-electron chi connectivity index (χ0n) is 19.5. The molecule has 2 aromatic rings. The van der Waals surface area contributed by atoms with E-state index < -0.39 is 0 Å². The first kappa shape index (κ1) is 22.3. The van der Waals surface area contributed by atoms with Gasteiger partial charge in [0, 0.05) is 42.3 Å². The fraction of sp³-hybridized carbons (Fsp3) is 0.385. The number of hydrogen-bond donors (Lipinski definition) is 2. The van der Waals surface area contributed by atoms with Crippen LogP contribution >= 0.6 is 0 Å². The van der Waals surface area contributed by atoms with Gasteiger partial charge in [-0.1, -0.05) is 30.4 Å². The van der Waals surface area contributed by atoms with Crippen LogP contribution in [-0.2, 0) is 11.3 Å². The highest BCUT2D eigenvalue weighted by Gasteiger charge is 2.35. The number of ether oxygens (including phenoxy) is 1. The Labute approximate surface area is 199 Å². The number of fused-ring (bicyclic) bond motifs is 1. The van der Waals surface area contributed by atoms with Gasteiger partial charge in [0.2, 0.25) is 0 Å². The lowest BCUT2D eigenvalue weighted by Crippen LogP contribution is -2.49. The Bertz CT molecular complexity index is 1110. The fourth-order valence-electron chi connectivity index (χ4n) is 5.32. The molecular weight excluding hydrogens is 432 g/mol. The minimum Gasteiger partial charge on any atom is -0.444 e. The number of cyclic esters (lactones) is 1. The Morgan fingerprint density at radius 3 is 2.44 bits per heavy atom. The molecule has 2 unspecified atom stereocenters. The average molecular weight is 463 g/mol. The van der Waals surface area contributed by atoms with Gasteiger partial charge in [-0.3, -0.25) is 20.4 Å². The van der Waals surface area contributed by atoms with Gasteiger partial charge < -0.3 is 14.5 Å². The van der Waals surface area contributed by atoms with E-state index in [0.29, 0.717) is 30.9 Å². The van der Waals surface area contributed by atoms with Crippen LogP contribution in [0.4, 0.5) is 21.9 Å². The molecule has 1 fully saturated rings. The van der Waals surface area contributed by atoms with Gasteiger partial charge in [0.05, 0.1) is 17.1 Å². The number of carbonyl (C=O) groups is 2. The lowest BCUT2D eigenvalue weighted by atomic mass is 9.99. The van der Waals surface area contributed by atoms with E-state index in [0.717, 1.165) is 29.8 Å². The maximum atomic E-state index is 13.1. The summed E-state index contributed by atoms with van der Waals surface area (Å²) in [6.07, 6.45) is 5.30. The van der Waals surface area contributed by atoms with Crippen molar-refractivity contribution in [2.24, 2.45) is 0 Å². The van der Waals surface area contributed by atoms with Crippen molar-refractivity contribution >= 4 is 29.1 Å². The summed E-state index contributed by atoms with van der Waals surface area (Å²) in [5, 5.41) is 9.84. The van der Waals surface area contributed by atoms with Crippen molar-refractivity contribution in [2.75, 3.05) is 28.4 Å². The van der Waals surface area contributed by atoms with Crippen LogP contribution in [0.3, 0.4) is 0 Å². The summed E-state index contributed by atoms with van der Waals surface area (Å²) >= 11 is 0. The number of para-hydroxylation sites is 1. The SMILES string of the molecule is CC1C=CC(C)N1C(=O)c1ccc(N2CCC(N3C(=O)OCc4ccccc43)CC2)c(NO)c1. The second-order valence-electron chi connectivity index (χ2n) is 9.19. The van der Waals surface area contributed by atoms with Gasteiger partial charge in [-0.25, -0.2) is 4.79 Å². The Morgan fingerprint density at radius 1 is 1.03 bits per heavy atom. The molecule has 5 rings (SSSR count). The zero-order valence-corrected chi connectivity index (χ0v) is 19.5. The molecule has 0 saturated carbocycles. The molecular formula is C26H30N4O4. The highest BCUT2D eigenvalue weighted by molar-refractivity contribution is 5.97. The maximum Gasteiger partial charge on any atom is 0.414 e. The third-order valence-corrected chi connectivity index (χ3v) is 7.11. The van der Waals surface area contributed by atoms with E-state index in [9.17, 15) is 14.8 Å². The molecule has 8 nitrogen and oxygen atoms in total. The van der Waals surface area contributed by atoms with Gasteiger partial charge in [0.15, 0.2) is 0 Å². The van der Waals surface area contributed by atoms with Gasteiger partial charge in [0.25, 0.3) is 5.91 Å². The summed E-state index contributed by atoms with van der Waals surface area (Å²) in [7, 11) is 0. The lowest BCUT2D eigenvalue weighted by Gasteiger charge is -2.41. The molecule has 2 aromatic carbocycles. The number of amides is 2. The number of hydrogen-bond acceptors (Lipinski definition) is 6. The first-order valence-electron chi connectivity index (χ1n) is 11.8. The molecule has 3 heterocycles. The second kappa shape index (κ2) is 9.02. The summed E-state index contributed by atoms with van der Waals surface area (Å²) < 4.78 is 5.40. The Hall–Kier alpha value is -3.52. The van der Waals surface area contributed by atoms with Crippen molar-refractivity contribution < 1.29 is 19.5 Å². The Balaban J connectivity index is 1.31. The molecule has 2 amide bonds. The number of anilines is 3. The highest BCUT2D eigenvalue weighted by atomic mass is 16.6. The van der Waals surface area contributed by atoms with Crippen LogP contribution in [0.25, 0.3) is 0 Å². The quantitative estimate of drug-likeness (QED) is 0.517. The van der Waals surface area contributed by atoms with E-state index in [2.05, 4.69) is 10.4 Å². The topological polar surface area (TPSA) is 85.4 Å². The highest BCUT2D eigenvalue weighted by Crippen LogP contribution is 2.35. The molecule has 1 saturated heterocycles. The van der Waals surface area contributed by atoms with E-state index >= 15 is 0 Å². The van der Waals surface area contributed by atoms with E-state index in [1.807, 2.05) is 67.3 Å². The predicted molar refractivity (Wildman–Crippen MR) is 130 cm³/mol. The molecule has 2 N–H and O–H groups in total. The molecule has 0 bridgehead atoms. The van der Waals surface area contributed by atoms with E-state index in [1.54, 1.807) is 11.0 Å². The standard InChI is InChI=1S/C26H30N4O4/c1-17-7-8-18(2)29(17)25(31)19-9-10-24(22(15-19)27-33)28-13-11-21(12-14-28)30-23-6-4-3-5-20(23)16-34-26(30)32/h3-10,15,17-18,21,27,33H,11-14,16H2,1-2H3. The van der Waals surface area contributed by atoms with E-state index in [1.165, 1.54) is 0 Å². The van der Waals surface area contributed by atoms with Crippen molar-refractivity contribution in [3.8, 4) is 0 Å². The van der Waals surface area contributed by atoms with Gasteiger partial charge in [0.1, 0.15) is 6.61 Å². The largest absolute Gasteiger partial charge is 0.444 e. The van der Waals surface area contributed by atoms with Crippen LogP contribution in [-0.4, -0.2) is 53.3 Å². The van der Waals surface area contributed by atoms with Crippen molar-refractivity contribution in [3.63, 3.8) is 0 Å². The number of nitrogens with one attached hydrogen (secondary N) is 1. The number of carbonyl (C=O) groups excluding carboxylic acids is 2. The summed E-state index contributed by atoms with van der Waals surface area (Å²) in [6.45, 7) is 5.73.